The van der Waals surface area contributed by atoms with Crippen LogP contribution in [-0.2, 0) is 0 Å². The van der Waals surface area contributed by atoms with Gasteiger partial charge in [0.25, 0.3) is 5.96 Å². The van der Waals surface area contributed by atoms with Gasteiger partial charge in [-0.25, -0.2) is 20.7 Å². The maximum absolute atomic E-state index is 12.2. The van der Waals surface area contributed by atoms with Gasteiger partial charge < -0.3 is 10.5 Å². The average molecular weight is 411 g/mol. The number of ether oxygens (including phenoxy) is 1. The van der Waals surface area contributed by atoms with E-state index in [1.165, 1.54) is 12.3 Å². The molecule has 0 amide bonds. The largest absolute Gasteiger partial charge is 0.468 e. The van der Waals surface area contributed by atoms with Crippen LogP contribution >= 0.6 is 0 Å². The maximum atomic E-state index is 12.2. The topological polar surface area (TPSA) is 88.4 Å². The molecule has 7 nitrogen and oxygen atoms in total. The Kier molecular flexibility index (Phi) is 7.63. The lowest BCUT2D eigenvalue weighted by atomic mass is 10.1. The molecule has 1 unspecified atom stereocenters. The molecule has 0 saturated carbocycles. The fourth-order valence-electron chi connectivity index (χ4n) is 2.28. The summed E-state index contributed by atoms with van der Waals surface area (Å²) in [6.07, 6.45) is -1.12. The second kappa shape index (κ2) is 9.94. The molecule has 2 rings (SSSR count). The van der Waals surface area contributed by atoms with Crippen molar-refractivity contribution < 1.29 is 22.6 Å². The summed E-state index contributed by atoms with van der Waals surface area (Å²) in [6, 6.07) is 8.41. The van der Waals surface area contributed by atoms with Crippen molar-refractivity contribution in [1.82, 2.24) is 4.98 Å². The minimum Gasteiger partial charge on any atom is -0.468 e. The predicted octanol–water partition coefficient (Wildman–Crippen LogP) is 3.00. The number of anilines is 1. The van der Waals surface area contributed by atoms with Gasteiger partial charge in [-0.2, -0.15) is 13.2 Å². The maximum Gasteiger partial charge on any atom is 0.422 e. The molecular weight excluding hydrogens is 385 g/mol. The zero-order valence-corrected chi connectivity index (χ0v) is 16.6. The van der Waals surface area contributed by atoms with Crippen molar-refractivity contribution in [3.63, 3.8) is 0 Å². The number of aliphatic imine (C=N–C) groups is 1. The van der Waals surface area contributed by atoms with Gasteiger partial charge in [0.05, 0.1) is 6.04 Å². The zero-order chi connectivity index (χ0) is 21.4. The molecule has 0 bridgehead atoms. The van der Waals surface area contributed by atoms with Gasteiger partial charge in [-0.15, -0.1) is 4.68 Å². The second-order valence-corrected chi connectivity index (χ2v) is 6.89. The van der Waals surface area contributed by atoms with E-state index in [9.17, 15) is 13.2 Å². The van der Waals surface area contributed by atoms with Crippen LogP contribution in [0.1, 0.15) is 32.4 Å². The van der Waals surface area contributed by atoms with Crippen molar-refractivity contribution in [2.24, 2.45) is 16.6 Å². The summed E-state index contributed by atoms with van der Waals surface area (Å²) < 4.78 is 43.0. The molecule has 158 valence electrons. The van der Waals surface area contributed by atoms with E-state index in [-0.39, 0.29) is 11.9 Å². The summed E-state index contributed by atoms with van der Waals surface area (Å²) in [6.45, 7) is 5.24. The molecule has 0 spiro atoms. The smallest absolute Gasteiger partial charge is 0.422 e. The highest BCUT2D eigenvalue weighted by Gasteiger charge is 2.28. The first-order chi connectivity index (χ1) is 13.6. The van der Waals surface area contributed by atoms with E-state index in [1.807, 2.05) is 31.3 Å². The summed E-state index contributed by atoms with van der Waals surface area (Å²) in [4.78, 5) is 8.21. The van der Waals surface area contributed by atoms with Crippen molar-refractivity contribution in [2.75, 3.05) is 23.9 Å². The Morgan fingerprint density at radius 3 is 2.62 bits per heavy atom. The number of hydrogen-bond donors (Lipinski definition) is 3. The monoisotopic (exact) mass is 411 g/mol. The number of halogens is 3. The molecule has 0 aromatic carbocycles. The van der Waals surface area contributed by atoms with Gasteiger partial charge in [0.2, 0.25) is 5.88 Å². The van der Waals surface area contributed by atoms with Crippen LogP contribution in [-0.4, -0.2) is 30.3 Å². The summed E-state index contributed by atoms with van der Waals surface area (Å²) in [5.41, 5.74) is 9.96. The number of guanidine groups is 1. The number of alkyl halides is 3. The van der Waals surface area contributed by atoms with Crippen LogP contribution in [0.2, 0.25) is 0 Å². The fraction of sp³-hybridized carbons (Fsp3) is 0.421. The summed E-state index contributed by atoms with van der Waals surface area (Å²) in [5, 5.41) is 3.05. The Bertz CT molecular complexity index is 808. The van der Waals surface area contributed by atoms with Crippen LogP contribution in [0.25, 0.3) is 0 Å². The summed E-state index contributed by atoms with van der Waals surface area (Å²) >= 11 is 0. The number of nitrogens with zero attached hydrogens (tertiary/aromatic N) is 3. The van der Waals surface area contributed by atoms with Crippen molar-refractivity contribution in [3.05, 3.63) is 48.3 Å². The van der Waals surface area contributed by atoms with Gasteiger partial charge in [-0.1, -0.05) is 19.9 Å². The van der Waals surface area contributed by atoms with E-state index in [4.69, 9.17) is 5.73 Å². The Balaban J connectivity index is 2.03. The van der Waals surface area contributed by atoms with Gasteiger partial charge in [0.1, 0.15) is 6.20 Å². The first kappa shape index (κ1) is 22.3. The first-order valence-electron chi connectivity index (χ1n) is 9.13. The second-order valence-electron chi connectivity index (χ2n) is 6.89. The third-order valence-corrected chi connectivity index (χ3v) is 3.72. The molecule has 2 aromatic heterocycles. The van der Waals surface area contributed by atoms with Crippen molar-refractivity contribution >= 4 is 11.8 Å². The van der Waals surface area contributed by atoms with Crippen LogP contribution in [0.5, 0.6) is 5.88 Å². The van der Waals surface area contributed by atoms with Gasteiger partial charge in [0, 0.05) is 24.9 Å². The quantitative estimate of drug-likeness (QED) is 0.353. The molecule has 0 saturated heterocycles. The highest BCUT2D eigenvalue weighted by Crippen LogP contribution is 2.19. The molecule has 0 aliphatic heterocycles. The van der Waals surface area contributed by atoms with Crippen LogP contribution in [0.4, 0.5) is 19.0 Å². The molecule has 1 atom stereocenters. The highest BCUT2D eigenvalue weighted by molar-refractivity contribution is 5.90. The standard InChI is InChI=1S/C19H25F3N6O/c1-13(2)10-25-18(23)26-16-6-4-5-9-28(16)27-14(3)15-7-8-17(24-11-15)29-12-19(20,21)22/h4-9,11,13-14,27H,10,12H2,1-3H3,(H2,23,25)/p+1. The highest BCUT2D eigenvalue weighted by atomic mass is 19.4. The van der Waals surface area contributed by atoms with Gasteiger partial charge in [-0.3, -0.25) is 0 Å². The lowest BCUT2D eigenvalue weighted by Crippen LogP contribution is -2.49. The van der Waals surface area contributed by atoms with Crippen molar-refractivity contribution in [2.45, 2.75) is 33.0 Å². The Morgan fingerprint density at radius 2 is 2.00 bits per heavy atom. The SMILES string of the molecule is CC(C)CN=C(N)Nc1cccc[n+]1NC(C)c1ccc(OCC(F)(F)F)nc1. The molecule has 4 N–H and O–H groups in total. The van der Waals surface area contributed by atoms with Crippen LogP contribution in [0, 0.1) is 5.92 Å². The lowest BCUT2D eigenvalue weighted by molar-refractivity contribution is -0.639. The third kappa shape index (κ3) is 7.84. The van der Waals surface area contributed by atoms with E-state index in [2.05, 4.69) is 39.3 Å². The van der Waals surface area contributed by atoms with Crippen LogP contribution < -0.4 is 25.9 Å². The first-order valence-corrected chi connectivity index (χ1v) is 9.13. The Labute approximate surface area is 167 Å². The number of nitrogens with one attached hydrogen (secondary N) is 2. The number of rotatable bonds is 8. The molecule has 2 heterocycles. The third-order valence-electron chi connectivity index (χ3n) is 3.72. The predicted molar refractivity (Wildman–Crippen MR) is 105 cm³/mol. The van der Waals surface area contributed by atoms with Gasteiger partial charge in [-0.05, 0) is 30.5 Å². The average Bonchev–Trinajstić information content (AvgIpc) is 2.66. The van der Waals surface area contributed by atoms with Crippen LogP contribution in [0.3, 0.4) is 0 Å². The van der Waals surface area contributed by atoms with E-state index < -0.39 is 12.8 Å². The molecule has 0 radical (unpaired) electrons. The number of nitrogens with two attached hydrogens (primary N) is 1. The van der Waals surface area contributed by atoms with E-state index in [0.29, 0.717) is 24.2 Å². The van der Waals surface area contributed by atoms with Gasteiger partial charge >= 0.3 is 12.0 Å². The fourth-order valence-corrected chi connectivity index (χ4v) is 2.28. The zero-order valence-electron chi connectivity index (χ0n) is 16.6. The molecule has 0 aliphatic rings. The molecular formula is C19H26F3N6O+. The molecule has 2 aromatic rings. The van der Waals surface area contributed by atoms with E-state index in [0.717, 1.165) is 5.56 Å². The normalized spacial score (nSPS) is 13.3. The molecule has 10 heteroatoms. The minimum absolute atomic E-state index is 0.0814. The van der Waals surface area contributed by atoms with E-state index in [1.54, 1.807) is 10.7 Å². The number of hydrogen-bond acceptors (Lipinski definition) is 4. The van der Waals surface area contributed by atoms with Crippen molar-refractivity contribution in [3.8, 4) is 5.88 Å². The van der Waals surface area contributed by atoms with Crippen molar-refractivity contribution in [1.29, 1.82) is 0 Å². The van der Waals surface area contributed by atoms with E-state index >= 15 is 0 Å². The van der Waals surface area contributed by atoms with Crippen LogP contribution in [0.15, 0.2) is 47.7 Å². The minimum atomic E-state index is -4.40. The summed E-state index contributed by atoms with van der Waals surface area (Å²) in [5.74, 6) is 1.30. The van der Waals surface area contributed by atoms with Gasteiger partial charge in [0.15, 0.2) is 6.61 Å². The lowest BCUT2D eigenvalue weighted by Gasteiger charge is -2.15. The number of pyridine rings is 2. The summed E-state index contributed by atoms with van der Waals surface area (Å²) in [7, 11) is 0. The molecule has 0 aliphatic carbocycles. The molecule has 29 heavy (non-hydrogen) atoms. The number of aromatic nitrogens is 2. The Morgan fingerprint density at radius 1 is 1.24 bits per heavy atom. The molecule has 0 fully saturated rings. The Hall–Kier alpha value is -3.04.